The standard InChI is InChI=1S/C21H30O11/c1-11(28-12(2)22)18(30-14(4)24)9-16(29-13(3)23)7-8-17-21(31-15(5)25)19(27-6)10-20(26)32-17/h7-8,11,16-19,21H,9-10H2,1-6H3. The highest BCUT2D eigenvalue weighted by Gasteiger charge is 2.40. The second-order valence-electron chi connectivity index (χ2n) is 7.24. The SMILES string of the molecule is COC1CC(=O)OC(C=CC(CC(OC(C)=O)C(C)OC(C)=O)OC(C)=O)C1OC(C)=O. The molecule has 11 nitrogen and oxygen atoms in total. The summed E-state index contributed by atoms with van der Waals surface area (Å²) < 4.78 is 31.4. The van der Waals surface area contributed by atoms with E-state index in [1.807, 2.05) is 0 Å². The van der Waals surface area contributed by atoms with Crippen molar-refractivity contribution in [2.45, 2.75) is 84.1 Å². The Bertz CT molecular complexity index is 729. The number of carbonyl (C=O) groups is 5. The minimum atomic E-state index is -0.999. The van der Waals surface area contributed by atoms with Gasteiger partial charge in [0, 0.05) is 41.2 Å². The summed E-state index contributed by atoms with van der Waals surface area (Å²) >= 11 is 0. The highest BCUT2D eigenvalue weighted by Crippen LogP contribution is 2.24. The van der Waals surface area contributed by atoms with Crippen molar-refractivity contribution in [3.8, 4) is 0 Å². The maximum atomic E-state index is 11.9. The van der Waals surface area contributed by atoms with Crippen LogP contribution in [0.3, 0.4) is 0 Å². The molecule has 0 amide bonds. The van der Waals surface area contributed by atoms with Gasteiger partial charge in [-0.15, -0.1) is 0 Å². The van der Waals surface area contributed by atoms with Crippen molar-refractivity contribution in [2.24, 2.45) is 0 Å². The van der Waals surface area contributed by atoms with Crippen LogP contribution in [-0.2, 0) is 52.4 Å². The van der Waals surface area contributed by atoms with Crippen LogP contribution in [-0.4, -0.2) is 73.6 Å². The molecule has 6 unspecified atom stereocenters. The number of methoxy groups -OCH3 is 1. The van der Waals surface area contributed by atoms with Gasteiger partial charge in [0.1, 0.15) is 24.4 Å². The van der Waals surface area contributed by atoms with Gasteiger partial charge in [0.2, 0.25) is 0 Å². The summed E-state index contributed by atoms with van der Waals surface area (Å²) in [5.74, 6) is -2.94. The number of cyclic esters (lactones) is 1. The summed E-state index contributed by atoms with van der Waals surface area (Å²) in [7, 11) is 1.38. The molecule has 0 N–H and O–H groups in total. The molecule has 0 aromatic heterocycles. The minimum Gasteiger partial charge on any atom is -0.459 e. The van der Waals surface area contributed by atoms with Crippen LogP contribution in [0.5, 0.6) is 0 Å². The van der Waals surface area contributed by atoms with Gasteiger partial charge in [0.05, 0.1) is 6.42 Å². The third-order valence-corrected chi connectivity index (χ3v) is 4.42. The Morgan fingerprint density at radius 2 is 1.59 bits per heavy atom. The molecule has 6 atom stereocenters. The van der Waals surface area contributed by atoms with Crippen molar-refractivity contribution < 1.29 is 52.4 Å². The number of ether oxygens (including phenoxy) is 6. The Hall–Kier alpha value is -2.95. The van der Waals surface area contributed by atoms with Gasteiger partial charge in [0.15, 0.2) is 12.2 Å². The second-order valence-corrected chi connectivity index (χ2v) is 7.24. The largest absolute Gasteiger partial charge is 0.459 e. The van der Waals surface area contributed by atoms with Crippen LogP contribution in [0.25, 0.3) is 0 Å². The Kier molecular flexibility index (Phi) is 10.8. The van der Waals surface area contributed by atoms with Gasteiger partial charge in [0.25, 0.3) is 0 Å². The first-order chi connectivity index (χ1) is 14.9. The number of hydrogen-bond donors (Lipinski definition) is 0. The molecule has 0 aromatic rings. The van der Waals surface area contributed by atoms with Gasteiger partial charge in [-0.25, -0.2) is 0 Å². The molecule has 1 rings (SSSR count). The molecule has 0 saturated carbocycles. The predicted molar refractivity (Wildman–Crippen MR) is 107 cm³/mol. The lowest BCUT2D eigenvalue weighted by Crippen LogP contribution is -2.49. The molecule has 1 fully saturated rings. The van der Waals surface area contributed by atoms with Crippen LogP contribution >= 0.6 is 0 Å². The van der Waals surface area contributed by atoms with Gasteiger partial charge in [-0.1, -0.05) is 0 Å². The van der Waals surface area contributed by atoms with Gasteiger partial charge >= 0.3 is 29.8 Å². The topological polar surface area (TPSA) is 141 Å². The quantitative estimate of drug-likeness (QED) is 0.263. The van der Waals surface area contributed by atoms with Crippen molar-refractivity contribution in [3.05, 3.63) is 12.2 Å². The smallest absolute Gasteiger partial charge is 0.309 e. The third-order valence-electron chi connectivity index (χ3n) is 4.42. The summed E-state index contributed by atoms with van der Waals surface area (Å²) in [5.41, 5.74) is 0. The Morgan fingerprint density at radius 3 is 2.09 bits per heavy atom. The van der Waals surface area contributed by atoms with E-state index < -0.39 is 66.5 Å². The van der Waals surface area contributed by atoms with Gasteiger partial charge < -0.3 is 28.4 Å². The molecular formula is C21H30O11. The lowest BCUT2D eigenvalue weighted by molar-refractivity contribution is -0.189. The van der Waals surface area contributed by atoms with Crippen LogP contribution in [0.1, 0.15) is 47.5 Å². The summed E-state index contributed by atoms with van der Waals surface area (Å²) in [5, 5.41) is 0. The first-order valence-corrected chi connectivity index (χ1v) is 10.0. The predicted octanol–water partition coefficient (Wildman–Crippen LogP) is 1.01. The first-order valence-electron chi connectivity index (χ1n) is 10.0. The summed E-state index contributed by atoms with van der Waals surface area (Å²) in [4.78, 5) is 57.8. The molecule has 0 aliphatic carbocycles. The van der Waals surface area contributed by atoms with E-state index in [9.17, 15) is 24.0 Å². The Morgan fingerprint density at radius 1 is 1.00 bits per heavy atom. The molecule has 1 saturated heterocycles. The van der Waals surface area contributed by atoms with E-state index >= 15 is 0 Å². The van der Waals surface area contributed by atoms with Crippen molar-refractivity contribution in [3.63, 3.8) is 0 Å². The maximum Gasteiger partial charge on any atom is 0.309 e. The van der Waals surface area contributed by atoms with Gasteiger partial charge in [-0.3, -0.25) is 24.0 Å². The van der Waals surface area contributed by atoms with E-state index in [1.54, 1.807) is 0 Å². The molecule has 1 aliphatic rings. The minimum absolute atomic E-state index is 0.0449. The average Bonchev–Trinajstić information content (AvgIpc) is 2.65. The molecule has 1 aliphatic heterocycles. The fraction of sp³-hybridized carbons (Fsp3) is 0.667. The van der Waals surface area contributed by atoms with E-state index in [4.69, 9.17) is 28.4 Å². The third kappa shape index (κ3) is 9.46. The molecule has 1 heterocycles. The molecule has 0 radical (unpaired) electrons. The van der Waals surface area contributed by atoms with E-state index in [2.05, 4.69) is 0 Å². The fourth-order valence-electron chi connectivity index (χ4n) is 3.19. The van der Waals surface area contributed by atoms with Gasteiger partial charge in [-0.05, 0) is 19.1 Å². The second kappa shape index (κ2) is 12.8. The highest BCUT2D eigenvalue weighted by atomic mass is 16.6. The maximum absolute atomic E-state index is 11.9. The summed E-state index contributed by atoms with van der Waals surface area (Å²) in [6.07, 6.45) is -2.62. The van der Waals surface area contributed by atoms with E-state index in [-0.39, 0.29) is 12.8 Å². The first kappa shape index (κ1) is 27.1. The van der Waals surface area contributed by atoms with Crippen LogP contribution in [0.4, 0.5) is 0 Å². The van der Waals surface area contributed by atoms with Crippen LogP contribution in [0.15, 0.2) is 12.2 Å². The number of esters is 5. The molecule has 32 heavy (non-hydrogen) atoms. The van der Waals surface area contributed by atoms with Crippen LogP contribution in [0.2, 0.25) is 0 Å². The number of hydrogen-bond acceptors (Lipinski definition) is 11. The van der Waals surface area contributed by atoms with Crippen molar-refractivity contribution in [1.29, 1.82) is 0 Å². The molecule has 0 aromatic carbocycles. The molecule has 180 valence electrons. The van der Waals surface area contributed by atoms with Crippen LogP contribution < -0.4 is 0 Å². The van der Waals surface area contributed by atoms with E-state index in [1.165, 1.54) is 53.9 Å². The lowest BCUT2D eigenvalue weighted by Gasteiger charge is -2.34. The zero-order valence-corrected chi connectivity index (χ0v) is 19.0. The lowest BCUT2D eigenvalue weighted by atomic mass is 9.99. The molecule has 11 heteroatoms. The van der Waals surface area contributed by atoms with Crippen molar-refractivity contribution >= 4 is 29.8 Å². The molecule has 0 bridgehead atoms. The van der Waals surface area contributed by atoms with Crippen LogP contribution in [0, 0.1) is 0 Å². The van der Waals surface area contributed by atoms with Crippen molar-refractivity contribution in [2.75, 3.05) is 7.11 Å². The Balaban J connectivity index is 3.11. The fourth-order valence-corrected chi connectivity index (χ4v) is 3.19. The summed E-state index contributed by atoms with van der Waals surface area (Å²) in [6.45, 7) is 6.35. The number of carbonyl (C=O) groups excluding carboxylic acids is 5. The summed E-state index contributed by atoms with van der Waals surface area (Å²) in [6, 6.07) is 0. The number of rotatable bonds is 10. The molecule has 0 spiro atoms. The van der Waals surface area contributed by atoms with E-state index in [0.717, 1.165) is 0 Å². The zero-order valence-electron chi connectivity index (χ0n) is 19.0. The van der Waals surface area contributed by atoms with E-state index in [0.29, 0.717) is 0 Å². The molecular weight excluding hydrogens is 428 g/mol. The highest BCUT2D eigenvalue weighted by molar-refractivity contribution is 5.72. The van der Waals surface area contributed by atoms with Gasteiger partial charge in [-0.2, -0.15) is 0 Å². The van der Waals surface area contributed by atoms with Crippen molar-refractivity contribution in [1.82, 2.24) is 0 Å². The Labute approximate surface area is 186 Å². The average molecular weight is 458 g/mol. The monoisotopic (exact) mass is 458 g/mol. The zero-order chi connectivity index (χ0) is 24.4. The normalized spacial score (nSPS) is 23.4.